The predicted octanol–water partition coefficient (Wildman–Crippen LogP) is 1.58. The molecule has 4 heterocycles. The summed E-state index contributed by atoms with van der Waals surface area (Å²) in [6.07, 6.45) is 6.99. The smallest absolute Gasteiger partial charge is 0.241 e. The van der Waals surface area contributed by atoms with Crippen LogP contribution in [0.5, 0.6) is 0 Å². The first-order valence-electron chi connectivity index (χ1n) is 6.45. The fourth-order valence-electron chi connectivity index (χ4n) is 2.35. The third-order valence-corrected chi connectivity index (χ3v) is 3.44. The Morgan fingerprint density at radius 2 is 2.30 bits per heavy atom. The molecule has 0 radical (unpaired) electrons. The number of rotatable bonds is 4. The second-order valence-corrected chi connectivity index (χ2v) is 4.86. The Hall–Kier alpha value is -2.41. The van der Waals surface area contributed by atoms with Crippen LogP contribution in [0.3, 0.4) is 0 Å². The summed E-state index contributed by atoms with van der Waals surface area (Å²) >= 11 is 0. The van der Waals surface area contributed by atoms with Gasteiger partial charge in [0.1, 0.15) is 6.26 Å². The van der Waals surface area contributed by atoms with Crippen LogP contribution in [0.1, 0.15) is 11.9 Å². The highest BCUT2D eigenvalue weighted by molar-refractivity contribution is 5.51. The molecule has 0 unspecified atom stereocenters. The molecule has 7 nitrogen and oxygen atoms in total. The SMILES string of the molecule is c1cnn(C2CN(Cc3nc(-c4ccoc4)no3)C2)c1. The van der Waals surface area contributed by atoms with Gasteiger partial charge in [-0.05, 0) is 12.1 Å². The van der Waals surface area contributed by atoms with E-state index >= 15 is 0 Å². The summed E-state index contributed by atoms with van der Waals surface area (Å²) in [5.41, 5.74) is 0.832. The lowest BCUT2D eigenvalue weighted by molar-refractivity contribution is 0.0791. The summed E-state index contributed by atoms with van der Waals surface area (Å²) in [4.78, 5) is 6.61. The molecule has 7 heteroatoms. The van der Waals surface area contributed by atoms with Crippen LogP contribution in [0.25, 0.3) is 11.4 Å². The normalized spacial score (nSPS) is 16.4. The van der Waals surface area contributed by atoms with Crippen LogP contribution in [-0.4, -0.2) is 37.9 Å². The van der Waals surface area contributed by atoms with Gasteiger partial charge < -0.3 is 8.94 Å². The van der Waals surface area contributed by atoms with Crippen LogP contribution in [0.4, 0.5) is 0 Å². The largest absolute Gasteiger partial charge is 0.472 e. The van der Waals surface area contributed by atoms with Crippen molar-refractivity contribution in [3.8, 4) is 11.4 Å². The molecule has 1 aliphatic rings. The van der Waals surface area contributed by atoms with Crippen molar-refractivity contribution >= 4 is 0 Å². The molecule has 0 aromatic carbocycles. The third kappa shape index (κ3) is 2.01. The second kappa shape index (κ2) is 4.61. The van der Waals surface area contributed by atoms with Gasteiger partial charge in [-0.2, -0.15) is 10.1 Å². The zero-order chi connectivity index (χ0) is 13.4. The Bertz CT molecular complexity index is 668. The van der Waals surface area contributed by atoms with E-state index in [1.165, 1.54) is 0 Å². The quantitative estimate of drug-likeness (QED) is 0.717. The molecule has 0 bridgehead atoms. The van der Waals surface area contributed by atoms with E-state index in [4.69, 9.17) is 8.94 Å². The summed E-state index contributed by atoms with van der Waals surface area (Å²) in [5.74, 6) is 1.19. The van der Waals surface area contributed by atoms with Gasteiger partial charge in [0.25, 0.3) is 0 Å². The molecule has 0 aliphatic carbocycles. The fraction of sp³-hybridized carbons (Fsp3) is 0.308. The molecule has 3 aromatic rings. The van der Waals surface area contributed by atoms with Crippen molar-refractivity contribution in [3.05, 3.63) is 42.9 Å². The molecular weight excluding hydrogens is 258 g/mol. The lowest BCUT2D eigenvalue weighted by Gasteiger charge is -2.38. The van der Waals surface area contributed by atoms with E-state index in [0.29, 0.717) is 24.3 Å². The number of aromatic nitrogens is 4. The van der Waals surface area contributed by atoms with Gasteiger partial charge in [-0.1, -0.05) is 5.16 Å². The highest BCUT2D eigenvalue weighted by atomic mass is 16.5. The molecule has 1 saturated heterocycles. The average molecular weight is 271 g/mol. The predicted molar refractivity (Wildman–Crippen MR) is 68.5 cm³/mol. The highest BCUT2D eigenvalue weighted by Gasteiger charge is 2.29. The van der Waals surface area contributed by atoms with Crippen molar-refractivity contribution in [1.82, 2.24) is 24.8 Å². The zero-order valence-electron chi connectivity index (χ0n) is 10.7. The maximum Gasteiger partial charge on any atom is 0.241 e. The van der Waals surface area contributed by atoms with Crippen LogP contribution in [-0.2, 0) is 6.54 Å². The van der Waals surface area contributed by atoms with E-state index in [1.54, 1.807) is 18.7 Å². The Balaban J connectivity index is 1.37. The Morgan fingerprint density at radius 1 is 1.35 bits per heavy atom. The molecule has 1 fully saturated rings. The molecular formula is C13H13N5O2. The van der Waals surface area contributed by atoms with Gasteiger partial charge in [0, 0.05) is 25.5 Å². The Morgan fingerprint density at radius 3 is 3.05 bits per heavy atom. The minimum Gasteiger partial charge on any atom is -0.472 e. The standard InChI is InChI=1S/C13H13N5O2/c1-3-14-18(4-1)11-6-17(7-11)8-12-15-13(16-20-12)10-2-5-19-9-10/h1-5,9,11H,6-8H2. The average Bonchev–Trinajstić information content (AvgIpc) is 3.13. The van der Waals surface area contributed by atoms with Gasteiger partial charge in [-0.3, -0.25) is 9.58 Å². The number of likely N-dealkylation sites (tertiary alicyclic amines) is 1. The Labute approximate surface area is 114 Å². The van der Waals surface area contributed by atoms with E-state index < -0.39 is 0 Å². The van der Waals surface area contributed by atoms with Gasteiger partial charge in [0.05, 0.1) is 24.4 Å². The zero-order valence-corrected chi connectivity index (χ0v) is 10.7. The number of hydrogen-bond acceptors (Lipinski definition) is 6. The molecule has 4 rings (SSSR count). The van der Waals surface area contributed by atoms with Crippen molar-refractivity contribution in [2.45, 2.75) is 12.6 Å². The van der Waals surface area contributed by atoms with Crippen LogP contribution in [0, 0.1) is 0 Å². The minimum absolute atomic E-state index is 0.446. The number of hydrogen-bond donors (Lipinski definition) is 0. The van der Waals surface area contributed by atoms with E-state index in [2.05, 4.69) is 20.1 Å². The topological polar surface area (TPSA) is 73.1 Å². The summed E-state index contributed by atoms with van der Waals surface area (Å²) in [5, 5.41) is 8.19. The number of nitrogens with zero attached hydrogens (tertiary/aromatic N) is 5. The van der Waals surface area contributed by atoms with E-state index in [9.17, 15) is 0 Å². The monoisotopic (exact) mass is 271 g/mol. The van der Waals surface area contributed by atoms with Gasteiger partial charge in [0.2, 0.25) is 11.7 Å². The Kier molecular flexibility index (Phi) is 2.63. The van der Waals surface area contributed by atoms with Gasteiger partial charge in [0.15, 0.2) is 0 Å². The fourth-order valence-corrected chi connectivity index (χ4v) is 2.35. The van der Waals surface area contributed by atoms with Crippen LogP contribution in [0.2, 0.25) is 0 Å². The van der Waals surface area contributed by atoms with Crippen molar-refractivity contribution in [2.75, 3.05) is 13.1 Å². The lowest BCUT2D eigenvalue weighted by Crippen LogP contribution is -2.47. The van der Waals surface area contributed by atoms with Crippen LogP contribution >= 0.6 is 0 Å². The molecule has 3 aromatic heterocycles. The highest BCUT2D eigenvalue weighted by Crippen LogP contribution is 2.23. The lowest BCUT2D eigenvalue weighted by atomic mass is 10.1. The van der Waals surface area contributed by atoms with Gasteiger partial charge in [-0.25, -0.2) is 0 Å². The van der Waals surface area contributed by atoms with Gasteiger partial charge in [-0.15, -0.1) is 0 Å². The van der Waals surface area contributed by atoms with Gasteiger partial charge >= 0.3 is 0 Å². The summed E-state index contributed by atoms with van der Waals surface area (Å²) in [7, 11) is 0. The van der Waals surface area contributed by atoms with E-state index in [1.807, 2.05) is 23.0 Å². The molecule has 20 heavy (non-hydrogen) atoms. The summed E-state index contributed by atoms with van der Waals surface area (Å²) < 4.78 is 12.2. The molecule has 0 saturated carbocycles. The number of furan rings is 1. The molecule has 1 aliphatic heterocycles. The van der Waals surface area contributed by atoms with Crippen molar-refractivity contribution in [2.24, 2.45) is 0 Å². The van der Waals surface area contributed by atoms with Crippen molar-refractivity contribution in [3.63, 3.8) is 0 Å². The first-order valence-corrected chi connectivity index (χ1v) is 6.45. The second-order valence-electron chi connectivity index (χ2n) is 4.86. The summed E-state index contributed by atoms with van der Waals surface area (Å²) in [6.45, 7) is 2.57. The molecule has 0 N–H and O–H groups in total. The van der Waals surface area contributed by atoms with Crippen LogP contribution in [0.15, 0.2) is 46.0 Å². The van der Waals surface area contributed by atoms with E-state index in [-0.39, 0.29) is 0 Å². The first-order chi connectivity index (χ1) is 9.88. The maximum absolute atomic E-state index is 5.25. The van der Waals surface area contributed by atoms with Crippen LogP contribution < -0.4 is 0 Å². The molecule has 0 spiro atoms. The maximum atomic E-state index is 5.25. The third-order valence-electron chi connectivity index (χ3n) is 3.44. The van der Waals surface area contributed by atoms with E-state index in [0.717, 1.165) is 18.7 Å². The summed E-state index contributed by atoms with van der Waals surface area (Å²) in [6, 6.07) is 4.20. The first kappa shape index (κ1) is 11.4. The minimum atomic E-state index is 0.446. The van der Waals surface area contributed by atoms with Crippen molar-refractivity contribution in [1.29, 1.82) is 0 Å². The molecule has 102 valence electrons. The molecule has 0 amide bonds. The van der Waals surface area contributed by atoms with Crippen molar-refractivity contribution < 1.29 is 8.94 Å². The molecule has 0 atom stereocenters.